The van der Waals surface area contributed by atoms with Crippen molar-refractivity contribution < 1.29 is 4.79 Å². The summed E-state index contributed by atoms with van der Waals surface area (Å²) in [5.74, 6) is 0.0530. The molecule has 1 amide bonds. The van der Waals surface area contributed by atoms with E-state index in [2.05, 4.69) is 10.3 Å². The predicted octanol–water partition coefficient (Wildman–Crippen LogP) is 3.36. The van der Waals surface area contributed by atoms with Crippen LogP contribution in [0.1, 0.15) is 42.5 Å². The molecule has 3 rings (SSSR count). The van der Waals surface area contributed by atoms with Gasteiger partial charge in [-0.25, -0.2) is 4.98 Å². The first-order chi connectivity index (χ1) is 8.83. The smallest absolute Gasteiger partial charge is 0.251 e. The molecule has 94 valence electrons. The molecule has 0 atom stereocenters. The zero-order chi connectivity index (χ0) is 12.4. The second kappa shape index (κ2) is 5.06. The summed E-state index contributed by atoms with van der Waals surface area (Å²) in [6, 6.07) is 6.08. The second-order valence-corrected chi connectivity index (χ2v) is 5.73. The number of benzene rings is 1. The maximum absolute atomic E-state index is 12.2. The van der Waals surface area contributed by atoms with Crippen molar-refractivity contribution in [3.63, 3.8) is 0 Å². The number of amides is 1. The van der Waals surface area contributed by atoms with Gasteiger partial charge in [0.1, 0.15) is 0 Å². The molecule has 0 bridgehead atoms. The van der Waals surface area contributed by atoms with E-state index in [9.17, 15) is 4.79 Å². The molecule has 1 heterocycles. The Kier molecular flexibility index (Phi) is 3.28. The number of nitrogens with one attached hydrogen (secondary N) is 1. The van der Waals surface area contributed by atoms with Gasteiger partial charge in [-0.15, -0.1) is 11.3 Å². The molecule has 0 radical (unpaired) electrons. The number of hydrogen-bond acceptors (Lipinski definition) is 3. The third kappa shape index (κ3) is 2.38. The molecule has 1 aromatic heterocycles. The topological polar surface area (TPSA) is 42.0 Å². The fraction of sp³-hybridized carbons (Fsp3) is 0.429. The lowest BCUT2D eigenvalue weighted by atomic mass is 9.95. The van der Waals surface area contributed by atoms with Crippen molar-refractivity contribution in [2.24, 2.45) is 0 Å². The van der Waals surface area contributed by atoms with Gasteiger partial charge in [-0.05, 0) is 31.0 Å². The number of nitrogens with zero attached hydrogens (tertiary/aromatic N) is 1. The number of carbonyl (C=O) groups is 1. The van der Waals surface area contributed by atoms with Crippen LogP contribution in [0.5, 0.6) is 0 Å². The summed E-state index contributed by atoms with van der Waals surface area (Å²) in [7, 11) is 0. The molecular formula is C14H16N2OS. The van der Waals surface area contributed by atoms with Crippen molar-refractivity contribution in [1.29, 1.82) is 0 Å². The number of hydrogen-bond donors (Lipinski definition) is 1. The van der Waals surface area contributed by atoms with Crippen LogP contribution >= 0.6 is 11.3 Å². The molecule has 3 nitrogen and oxygen atoms in total. The van der Waals surface area contributed by atoms with E-state index in [0.717, 1.165) is 28.6 Å². The molecule has 0 unspecified atom stereocenters. The van der Waals surface area contributed by atoms with Crippen LogP contribution in [-0.2, 0) is 0 Å². The Morgan fingerprint density at radius 2 is 2.11 bits per heavy atom. The Morgan fingerprint density at radius 3 is 2.94 bits per heavy atom. The van der Waals surface area contributed by atoms with Crippen LogP contribution in [0.3, 0.4) is 0 Å². The number of rotatable bonds is 2. The monoisotopic (exact) mass is 260 g/mol. The number of carbonyl (C=O) groups excluding carboxylic acids is 1. The van der Waals surface area contributed by atoms with Crippen molar-refractivity contribution in [1.82, 2.24) is 10.3 Å². The maximum atomic E-state index is 12.2. The number of fused-ring (bicyclic) bond motifs is 1. The van der Waals surface area contributed by atoms with Crippen LogP contribution in [0.4, 0.5) is 0 Å². The first-order valence-corrected chi connectivity index (χ1v) is 7.35. The van der Waals surface area contributed by atoms with Gasteiger partial charge in [0.15, 0.2) is 0 Å². The molecule has 18 heavy (non-hydrogen) atoms. The third-order valence-corrected chi connectivity index (χ3v) is 4.33. The van der Waals surface area contributed by atoms with Gasteiger partial charge in [-0.1, -0.05) is 19.3 Å². The molecule has 1 N–H and O–H groups in total. The van der Waals surface area contributed by atoms with E-state index in [1.807, 2.05) is 23.7 Å². The lowest BCUT2D eigenvalue weighted by Gasteiger charge is -2.22. The summed E-state index contributed by atoms with van der Waals surface area (Å²) in [6.45, 7) is 0. The van der Waals surface area contributed by atoms with E-state index in [4.69, 9.17) is 0 Å². The fourth-order valence-electron chi connectivity index (χ4n) is 2.51. The Balaban J connectivity index is 1.74. The van der Waals surface area contributed by atoms with Gasteiger partial charge in [-0.2, -0.15) is 0 Å². The first kappa shape index (κ1) is 11.7. The average molecular weight is 260 g/mol. The van der Waals surface area contributed by atoms with Crippen LogP contribution < -0.4 is 5.32 Å². The average Bonchev–Trinajstić information content (AvgIpc) is 2.87. The van der Waals surface area contributed by atoms with E-state index >= 15 is 0 Å². The van der Waals surface area contributed by atoms with E-state index in [-0.39, 0.29) is 5.91 Å². The van der Waals surface area contributed by atoms with Crippen LogP contribution in [0.25, 0.3) is 10.2 Å². The van der Waals surface area contributed by atoms with Gasteiger partial charge in [0.2, 0.25) is 0 Å². The van der Waals surface area contributed by atoms with Crippen LogP contribution in [-0.4, -0.2) is 16.9 Å². The highest BCUT2D eigenvalue weighted by molar-refractivity contribution is 7.16. The standard InChI is InChI=1S/C14H16N2OS/c17-14(16-11-4-2-1-3-5-11)10-6-7-12-13(8-10)18-9-15-12/h6-9,11H,1-5H2,(H,16,17). The van der Waals surface area contributed by atoms with Crippen molar-refractivity contribution in [2.45, 2.75) is 38.1 Å². The molecule has 1 saturated carbocycles. The Morgan fingerprint density at radius 1 is 1.28 bits per heavy atom. The minimum absolute atomic E-state index is 0.0530. The van der Waals surface area contributed by atoms with Crippen molar-refractivity contribution in [2.75, 3.05) is 0 Å². The van der Waals surface area contributed by atoms with Gasteiger partial charge in [-0.3, -0.25) is 4.79 Å². The Labute approximate surface area is 110 Å². The zero-order valence-corrected chi connectivity index (χ0v) is 11.0. The van der Waals surface area contributed by atoms with Gasteiger partial charge in [0.25, 0.3) is 5.91 Å². The minimum Gasteiger partial charge on any atom is -0.349 e. The van der Waals surface area contributed by atoms with E-state index in [1.54, 1.807) is 11.3 Å². The summed E-state index contributed by atoms with van der Waals surface area (Å²) in [5.41, 5.74) is 3.53. The summed E-state index contributed by atoms with van der Waals surface area (Å²) in [5, 5.41) is 3.14. The molecule has 1 aromatic carbocycles. The first-order valence-electron chi connectivity index (χ1n) is 6.47. The molecule has 1 fully saturated rings. The lowest BCUT2D eigenvalue weighted by Crippen LogP contribution is -2.36. The SMILES string of the molecule is O=C(NC1CCCCC1)c1ccc2ncsc2c1. The van der Waals surface area contributed by atoms with Crippen molar-refractivity contribution in [3.8, 4) is 0 Å². The summed E-state index contributed by atoms with van der Waals surface area (Å²) < 4.78 is 1.08. The number of aromatic nitrogens is 1. The van der Waals surface area contributed by atoms with Crippen molar-refractivity contribution >= 4 is 27.5 Å². The molecule has 1 aliphatic carbocycles. The fourth-order valence-corrected chi connectivity index (χ4v) is 3.23. The quantitative estimate of drug-likeness (QED) is 0.899. The second-order valence-electron chi connectivity index (χ2n) is 4.84. The summed E-state index contributed by atoms with van der Waals surface area (Å²) >= 11 is 1.57. The predicted molar refractivity (Wildman–Crippen MR) is 74.0 cm³/mol. The van der Waals surface area contributed by atoms with Crippen LogP contribution in [0.2, 0.25) is 0 Å². The molecular weight excluding hydrogens is 244 g/mol. The molecule has 4 heteroatoms. The lowest BCUT2D eigenvalue weighted by molar-refractivity contribution is 0.0928. The van der Waals surface area contributed by atoms with Gasteiger partial charge in [0, 0.05) is 11.6 Å². The Hall–Kier alpha value is -1.42. The maximum Gasteiger partial charge on any atom is 0.251 e. The van der Waals surface area contributed by atoms with E-state index < -0.39 is 0 Å². The highest BCUT2D eigenvalue weighted by atomic mass is 32.1. The van der Waals surface area contributed by atoms with Crippen LogP contribution in [0.15, 0.2) is 23.7 Å². The zero-order valence-electron chi connectivity index (χ0n) is 10.2. The van der Waals surface area contributed by atoms with Gasteiger partial charge in [0.05, 0.1) is 15.7 Å². The van der Waals surface area contributed by atoms with Gasteiger partial charge >= 0.3 is 0 Å². The summed E-state index contributed by atoms with van der Waals surface area (Å²) in [4.78, 5) is 16.4. The largest absolute Gasteiger partial charge is 0.349 e. The highest BCUT2D eigenvalue weighted by Gasteiger charge is 2.16. The molecule has 0 aliphatic heterocycles. The normalized spacial score (nSPS) is 16.9. The van der Waals surface area contributed by atoms with E-state index in [0.29, 0.717) is 6.04 Å². The molecule has 0 saturated heterocycles. The Bertz CT molecular complexity index is 558. The highest BCUT2D eigenvalue weighted by Crippen LogP contribution is 2.20. The minimum atomic E-state index is 0.0530. The van der Waals surface area contributed by atoms with Crippen LogP contribution in [0, 0.1) is 0 Å². The van der Waals surface area contributed by atoms with E-state index in [1.165, 1.54) is 19.3 Å². The third-order valence-electron chi connectivity index (χ3n) is 3.53. The van der Waals surface area contributed by atoms with Gasteiger partial charge < -0.3 is 5.32 Å². The molecule has 0 spiro atoms. The summed E-state index contributed by atoms with van der Waals surface area (Å²) in [6.07, 6.45) is 6.01. The molecule has 2 aromatic rings. The number of thiazole rings is 1. The molecule has 1 aliphatic rings. The van der Waals surface area contributed by atoms with Crippen molar-refractivity contribution in [3.05, 3.63) is 29.3 Å².